The second-order valence-corrected chi connectivity index (χ2v) is 15.2. The van der Waals surface area contributed by atoms with E-state index in [-0.39, 0.29) is 70.0 Å². The largest absolute Gasteiger partial charge is 0.493 e. The standard InChI is InChI=1S/C35H30ClN3O6S2/c1-16-3-10-20(11-4-16)39-33(41)28-21-14-22(29(28)34(39)42)30-27(21)26(31-32(46-30)38-35(43)47-31)17-5-12-23(24(13-17)44-2)45-15-25(40)37-19-8-6-18(36)7-9-19/h3-13,21-22,26-30H,14-15H2,1-2H3,(H,37,40)(H,38,43)/t21-,22-,26+,27-,28+,29+,30-/m1/s1. The maximum absolute atomic E-state index is 14.0. The van der Waals surface area contributed by atoms with Gasteiger partial charge in [-0.05, 0) is 85.2 Å². The lowest BCUT2D eigenvalue weighted by atomic mass is 9.68. The first-order chi connectivity index (χ1) is 22.7. The summed E-state index contributed by atoms with van der Waals surface area (Å²) >= 11 is 8.79. The van der Waals surface area contributed by atoms with Gasteiger partial charge in [-0.3, -0.25) is 24.1 Å². The van der Waals surface area contributed by atoms with Crippen LogP contribution in [0.5, 0.6) is 11.5 Å². The number of thiazole rings is 1. The average molecular weight is 688 g/mol. The molecule has 1 aromatic heterocycles. The Kier molecular flexibility index (Phi) is 7.46. The van der Waals surface area contributed by atoms with Crippen molar-refractivity contribution in [1.82, 2.24) is 4.98 Å². The van der Waals surface area contributed by atoms with E-state index < -0.39 is 0 Å². The van der Waals surface area contributed by atoms with Crippen molar-refractivity contribution < 1.29 is 23.9 Å². The minimum atomic E-state index is -0.390. The lowest BCUT2D eigenvalue weighted by Gasteiger charge is -2.43. The number of fused-ring (bicyclic) bond motifs is 9. The van der Waals surface area contributed by atoms with Gasteiger partial charge in [0.2, 0.25) is 11.8 Å². The highest BCUT2D eigenvalue weighted by Gasteiger charge is 2.69. The molecule has 4 aliphatic rings. The zero-order valence-corrected chi connectivity index (χ0v) is 27.8. The van der Waals surface area contributed by atoms with Gasteiger partial charge < -0.3 is 19.8 Å². The number of aromatic amines is 1. The summed E-state index contributed by atoms with van der Waals surface area (Å²) < 4.78 is 11.6. The van der Waals surface area contributed by atoms with Crippen LogP contribution in [-0.2, 0) is 14.4 Å². The van der Waals surface area contributed by atoms with Crippen LogP contribution in [0.15, 0.2) is 76.6 Å². The first-order valence-electron chi connectivity index (χ1n) is 15.4. The van der Waals surface area contributed by atoms with Crippen LogP contribution in [0.25, 0.3) is 0 Å². The number of carbonyl (C=O) groups is 3. The van der Waals surface area contributed by atoms with Gasteiger partial charge in [-0.25, -0.2) is 0 Å². The number of hydrogen-bond acceptors (Lipinski definition) is 8. The van der Waals surface area contributed by atoms with Gasteiger partial charge in [-0.1, -0.05) is 46.7 Å². The summed E-state index contributed by atoms with van der Waals surface area (Å²) in [5.41, 5.74) is 3.22. The van der Waals surface area contributed by atoms with Crippen LogP contribution < -0.4 is 24.6 Å². The van der Waals surface area contributed by atoms with E-state index in [2.05, 4.69) is 10.3 Å². The molecule has 240 valence electrons. The van der Waals surface area contributed by atoms with Crippen molar-refractivity contribution in [3.8, 4) is 11.5 Å². The molecule has 2 aliphatic heterocycles. The van der Waals surface area contributed by atoms with E-state index in [1.54, 1.807) is 49.2 Å². The zero-order chi connectivity index (χ0) is 32.6. The Morgan fingerprint density at radius 1 is 0.979 bits per heavy atom. The van der Waals surface area contributed by atoms with Crippen molar-refractivity contribution in [3.05, 3.63) is 97.4 Å². The number of rotatable bonds is 7. The van der Waals surface area contributed by atoms with Crippen LogP contribution >= 0.6 is 34.7 Å². The average Bonchev–Trinajstić information content (AvgIpc) is 3.80. The second kappa shape index (κ2) is 11.6. The summed E-state index contributed by atoms with van der Waals surface area (Å²) in [5.74, 6) is -0.574. The fourth-order valence-corrected chi connectivity index (χ4v) is 11.2. The molecule has 7 atom stereocenters. The Hall–Kier alpha value is -4.06. The van der Waals surface area contributed by atoms with Crippen LogP contribution in [-0.4, -0.2) is 41.7 Å². The highest BCUT2D eigenvalue weighted by Crippen LogP contribution is 2.68. The third-order valence-corrected chi connectivity index (χ3v) is 12.9. The number of benzene rings is 3. The molecule has 3 heterocycles. The van der Waals surface area contributed by atoms with Gasteiger partial charge >= 0.3 is 4.87 Å². The molecule has 3 aromatic carbocycles. The number of nitrogens with one attached hydrogen (secondary N) is 2. The number of anilines is 2. The molecule has 1 saturated heterocycles. The highest BCUT2D eigenvalue weighted by molar-refractivity contribution is 8.00. The number of hydrogen-bond donors (Lipinski definition) is 2. The lowest BCUT2D eigenvalue weighted by molar-refractivity contribution is -0.123. The number of amides is 3. The Morgan fingerprint density at radius 3 is 2.43 bits per heavy atom. The van der Waals surface area contributed by atoms with Crippen molar-refractivity contribution in [2.24, 2.45) is 29.6 Å². The summed E-state index contributed by atoms with van der Waals surface area (Å²) in [4.78, 5) is 58.4. The molecule has 8 rings (SSSR count). The smallest absolute Gasteiger partial charge is 0.305 e. The molecule has 12 heteroatoms. The summed E-state index contributed by atoms with van der Waals surface area (Å²) in [6, 6.07) is 20.0. The Labute approximate surface area is 283 Å². The molecule has 2 saturated carbocycles. The number of carbonyl (C=O) groups excluding carboxylic acids is 3. The molecule has 2 aliphatic carbocycles. The molecule has 47 heavy (non-hydrogen) atoms. The summed E-state index contributed by atoms with van der Waals surface area (Å²) in [5, 5.41) is 4.26. The topological polar surface area (TPSA) is 118 Å². The number of nitrogens with zero attached hydrogens (tertiary/aromatic N) is 1. The maximum atomic E-state index is 14.0. The van der Waals surface area contributed by atoms with Gasteiger partial charge in [-0.15, -0.1) is 11.8 Å². The molecule has 0 spiro atoms. The van der Waals surface area contributed by atoms with Gasteiger partial charge in [-0.2, -0.15) is 0 Å². The third kappa shape index (κ3) is 4.98. The fourth-order valence-electron chi connectivity index (χ4n) is 8.21. The number of aryl methyl sites for hydroxylation is 1. The number of H-pyrrole nitrogens is 1. The van der Waals surface area contributed by atoms with Crippen molar-refractivity contribution in [2.45, 2.75) is 29.5 Å². The van der Waals surface area contributed by atoms with Crippen LogP contribution in [0, 0.1) is 36.5 Å². The predicted octanol–water partition coefficient (Wildman–Crippen LogP) is 6.10. The van der Waals surface area contributed by atoms with Crippen LogP contribution in [0.3, 0.4) is 0 Å². The van der Waals surface area contributed by atoms with Crippen LogP contribution in [0.2, 0.25) is 5.02 Å². The van der Waals surface area contributed by atoms with Crippen molar-refractivity contribution in [2.75, 3.05) is 23.9 Å². The number of aromatic nitrogens is 1. The number of imide groups is 1. The van der Waals surface area contributed by atoms with E-state index in [1.807, 2.05) is 43.3 Å². The minimum Gasteiger partial charge on any atom is -0.493 e. The van der Waals surface area contributed by atoms with Crippen LogP contribution in [0.1, 0.15) is 28.3 Å². The van der Waals surface area contributed by atoms with E-state index >= 15 is 0 Å². The van der Waals surface area contributed by atoms with Crippen LogP contribution in [0.4, 0.5) is 11.4 Å². The van der Waals surface area contributed by atoms with Gasteiger partial charge in [0, 0.05) is 26.8 Å². The van der Waals surface area contributed by atoms with E-state index in [0.29, 0.717) is 27.9 Å². The summed E-state index contributed by atoms with van der Waals surface area (Å²) in [6.45, 7) is 1.75. The molecule has 0 radical (unpaired) electrons. The molecule has 4 aromatic rings. The fraction of sp³-hybridized carbons (Fsp3) is 0.314. The molecule has 3 amide bonds. The number of thioether (sulfide) groups is 1. The maximum Gasteiger partial charge on any atom is 0.305 e. The first kappa shape index (κ1) is 30.3. The molecule has 0 unspecified atom stereocenters. The third-order valence-electron chi connectivity index (χ3n) is 10.0. The van der Waals surface area contributed by atoms with Gasteiger partial charge in [0.05, 0.1) is 29.7 Å². The van der Waals surface area contributed by atoms with Crippen molar-refractivity contribution in [1.29, 1.82) is 0 Å². The normalized spacial score (nSPS) is 27.0. The lowest BCUT2D eigenvalue weighted by Crippen LogP contribution is -2.42. The Balaban J connectivity index is 1.09. The van der Waals surface area contributed by atoms with Crippen molar-refractivity contribution >= 4 is 63.8 Å². The van der Waals surface area contributed by atoms with E-state index in [0.717, 1.165) is 27.5 Å². The number of ether oxygens (including phenoxy) is 2. The summed E-state index contributed by atoms with van der Waals surface area (Å²) in [6.07, 6.45) is 0.799. The van der Waals surface area contributed by atoms with E-state index in [4.69, 9.17) is 21.1 Å². The summed E-state index contributed by atoms with van der Waals surface area (Å²) in [7, 11) is 1.55. The highest BCUT2D eigenvalue weighted by atomic mass is 35.5. The molecule has 2 bridgehead atoms. The van der Waals surface area contributed by atoms with Gasteiger partial charge in [0.1, 0.15) is 0 Å². The minimum absolute atomic E-state index is 0.0109. The SMILES string of the molecule is COc1cc([C@@H]2c3sc(=O)[nH]c3S[C@@H]3[C@@H]4C[C@@H]([C@@H]5C(=O)N(c6ccc(C)cc6)C(=O)[C@@H]45)[C@H]23)ccc1OCC(=O)Nc1ccc(Cl)cc1. The van der Waals surface area contributed by atoms with E-state index in [9.17, 15) is 19.2 Å². The van der Waals surface area contributed by atoms with Gasteiger partial charge in [0.15, 0.2) is 18.1 Å². The van der Waals surface area contributed by atoms with Gasteiger partial charge in [0.25, 0.3) is 5.91 Å². The molecular formula is C35H30ClN3O6S2. The number of halogens is 1. The molecule has 3 fully saturated rings. The van der Waals surface area contributed by atoms with Crippen molar-refractivity contribution in [3.63, 3.8) is 0 Å². The monoisotopic (exact) mass is 687 g/mol. The first-order valence-corrected chi connectivity index (χ1v) is 17.5. The Bertz CT molecular complexity index is 1980. The number of methoxy groups -OCH3 is 1. The Morgan fingerprint density at radius 2 is 1.70 bits per heavy atom. The molecule has 9 nitrogen and oxygen atoms in total. The quantitative estimate of drug-likeness (QED) is 0.226. The van der Waals surface area contributed by atoms with E-state index in [1.165, 1.54) is 16.2 Å². The zero-order valence-electron chi connectivity index (χ0n) is 25.4. The second-order valence-electron chi connectivity index (χ2n) is 12.6. The molecular weight excluding hydrogens is 658 g/mol. The predicted molar refractivity (Wildman–Crippen MR) is 181 cm³/mol. The molecule has 2 N–H and O–H groups in total.